The van der Waals surface area contributed by atoms with Gasteiger partial charge in [-0.25, -0.2) is 4.98 Å². The Morgan fingerprint density at radius 1 is 1.53 bits per heavy atom. The molecule has 6 heteroatoms. The van der Waals surface area contributed by atoms with Crippen LogP contribution in [0, 0.1) is 0 Å². The van der Waals surface area contributed by atoms with Gasteiger partial charge in [0, 0.05) is 16.0 Å². The van der Waals surface area contributed by atoms with Crippen molar-refractivity contribution in [3.63, 3.8) is 0 Å². The molecule has 0 atom stereocenters. The Hall–Kier alpha value is -1.27. The van der Waals surface area contributed by atoms with E-state index in [0.717, 1.165) is 15.2 Å². The zero-order valence-electron chi connectivity index (χ0n) is 9.01. The zero-order chi connectivity index (χ0) is 12.3. The predicted molar refractivity (Wildman–Crippen MR) is 68.8 cm³/mol. The lowest BCUT2D eigenvalue weighted by atomic mass is 10.3. The third-order valence-corrected chi connectivity index (χ3v) is 3.43. The molecular weight excluding hydrogens is 304 g/mol. The van der Waals surface area contributed by atoms with Crippen LogP contribution >= 0.6 is 27.3 Å². The lowest BCUT2D eigenvalue weighted by Gasteiger charge is -1.96. The van der Waals surface area contributed by atoms with Gasteiger partial charge in [0.15, 0.2) is 0 Å². The van der Waals surface area contributed by atoms with Crippen LogP contribution in [0.5, 0.6) is 0 Å². The molecule has 2 heterocycles. The topological polar surface area (TPSA) is 52.1 Å². The average Bonchev–Trinajstić information content (AvgIpc) is 2.78. The Kier molecular flexibility index (Phi) is 3.86. The van der Waals surface area contributed by atoms with Gasteiger partial charge in [0.25, 0.3) is 0 Å². The summed E-state index contributed by atoms with van der Waals surface area (Å²) < 4.78 is 5.51. The van der Waals surface area contributed by atoms with E-state index in [2.05, 4.69) is 30.6 Å². The third-order valence-electron chi connectivity index (χ3n) is 2.05. The van der Waals surface area contributed by atoms with Gasteiger partial charge in [-0.2, -0.15) is 0 Å². The van der Waals surface area contributed by atoms with E-state index in [1.54, 1.807) is 6.20 Å². The number of halogens is 1. The number of methoxy groups -OCH3 is 1. The van der Waals surface area contributed by atoms with Crippen LogP contribution in [0.2, 0.25) is 0 Å². The molecule has 0 aliphatic heterocycles. The molecule has 0 N–H and O–H groups in total. The molecule has 0 fully saturated rings. The van der Waals surface area contributed by atoms with Crippen molar-refractivity contribution in [3.8, 4) is 10.7 Å². The maximum absolute atomic E-state index is 11.1. The normalized spacial score (nSPS) is 10.2. The van der Waals surface area contributed by atoms with Crippen LogP contribution in [0.15, 0.2) is 28.2 Å². The van der Waals surface area contributed by atoms with Gasteiger partial charge in [0.2, 0.25) is 0 Å². The second-order valence-electron chi connectivity index (χ2n) is 3.26. The molecule has 17 heavy (non-hydrogen) atoms. The first-order valence-electron chi connectivity index (χ1n) is 4.82. The van der Waals surface area contributed by atoms with E-state index in [0.29, 0.717) is 5.69 Å². The summed E-state index contributed by atoms with van der Waals surface area (Å²) in [6, 6.07) is 3.79. The lowest BCUT2D eigenvalue weighted by molar-refractivity contribution is -0.139. The van der Waals surface area contributed by atoms with E-state index in [1.807, 2.05) is 17.5 Å². The Balaban J connectivity index is 2.18. The molecule has 0 spiro atoms. The van der Waals surface area contributed by atoms with Crippen molar-refractivity contribution in [2.24, 2.45) is 0 Å². The number of hydrogen-bond donors (Lipinski definition) is 0. The molecule has 0 amide bonds. The number of thiazole rings is 1. The highest BCUT2D eigenvalue weighted by molar-refractivity contribution is 9.10. The van der Waals surface area contributed by atoms with Gasteiger partial charge >= 0.3 is 5.97 Å². The Labute approximate surface area is 111 Å². The summed E-state index contributed by atoms with van der Waals surface area (Å²) in [7, 11) is 1.37. The van der Waals surface area contributed by atoms with Crippen molar-refractivity contribution in [2.75, 3.05) is 7.11 Å². The van der Waals surface area contributed by atoms with Gasteiger partial charge in [0.05, 0.1) is 24.9 Å². The van der Waals surface area contributed by atoms with Gasteiger partial charge in [-0.15, -0.1) is 11.3 Å². The standard InChI is InChI=1S/C11H9BrN2O2S/c1-16-10(15)4-8-6-17-11(14-8)9-3-2-7(12)5-13-9/h2-3,5-6H,4H2,1H3. The molecule has 0 unspecified atom stereocenters. The maximum Gasteiger partial charge on any atom is 0.311 e. The number of hydrogen-bond acceptors (Lipinski definition) is 5. The van der Waals surface area contributed by atoms with Crippen LogP contribution < -0.4 is 0 Å². The third kappa shape index (κ3) is 3.10. The molecule has 88 valence electrons. The maximum atomic E-state index is 11.1. The summed E-state index contributed by atoms with van der Waals surface area (Å²) in [5, 5.41) is 2.65. The van der Waals surface area contributed by atoms with Crippen LogP contribution in [-0.2, 0) is 16.0 Å². The second kappa shape index (κ2) is 5.37. The zero-order valence-corrected chi connectivity index (χ0v) is 11.4. The molecule has 0 aliphatic carbocycles. The van der Waals surface area contributed by atoms with Crippen molar-refractivity contribution in [1.29, 1.82) is 0 Å². The minimum atomic E-state index is -0.286. The number of pyridine rings is 1. The number of ether oxygens (including phenoxy) is 1. The van der Waals surface area contributed by atoms with E-state index < -0.39 is 0 Å². The molecule has 0 bridgehead atoms. The average molecular weight is 313 g/mol. The first-order valence-corrected chi connectivity index (χ1v) is 6.49. The number of rotatable bonds is 3. The van der Waals surface area contributed by atoms with Gasteiger partial charge in [-0.3, -0.25) is 9.78 Å². The number of carbonyl (C=O) groups is 1. The van der Waals surface area contributed by atoms with Crippen LogP contribution in [0.1, 0.15) is 5.69 Å². The summed E-state index contributed by atoms with van der Waals surface area (Å²) in [5.74, 6) is -0.286. The van der Waals surface area contributed by atoms with E-state index in [-0.39, 0.29) is 12.4 Å². The fraction of sp³-hybridized carbons (Fsp3) is 0.182. The Bertz CT molecular complexity index is 525. The van der Waals surface area contributed by atoms with Crippen molar-refractivity contribution in [1.82, 2.24) is 9.97 Å². The van der Waals surface area contributed by atoms with Gasteiger partial charge in [-0.05, 0) is 28.1 Å². The van der Waals surface area contributed by atoms with Crippen LogP contribution in [0.4, 0.5) is 0 Å². The minimum Gasteiger partial charge on any atom is -0.469 e. The summed E-state index contributed by atoms with van der Waals surface area (Å²) in [4.78, 5) is 19.7. The summed E-state index contributed by atoms with van der Waals surface area (Å²) in [5.41, 5.74) is 1.51. The van der Waals surface area contributed by atoms with Crippen molar-refractivity contribution >= 4 is 33.2 Å². The van der Waals surface area contributed by atoms with Crippen molar-refractivity contribution in [2.45, 2.75) is 6.42 Å². The van der Waals surface area contributed by atoms with E-state index in [4.69, 9.17) is 0 Å². The molecule has 0 aliphatic rings. The number of nitrogens with zero attached hydrogens (tertiary/aromatic N) is 2. The van der Waals surface area contributed by atoms with E-state index >= 15 is 0 Å². The molecule has 4 nitrogen and oxygen atoms in total. The van der Waals surface area contributed by atoms with Gasteiger partial charge in [0.1, 0.15) is 5.01 Å². The number of esters is 1. The van der Waals surface area contributed by atoms with Gasteiger partial charge < -0.3 is 4.74 Å². The molecule has 2 aromatic rings. The summed E-state index contributed by atoms with van der Waals surface area (Å²) in [6.45, 7) is 0. The van der Waals surface area contributed by atoms with Crippen LogP contribution in [0.25, 0.3) is 10.7 Å². The minimum absolute atomic E-state index is 0.198. The second-order valence-corrected chi connectivity index (χ2v) is 5.03. The van der Waals surface area contributed by atoms with E-state index in [1.165, 1.54) is 18.4 Å². The Morgan fingerprint density at radius 3 is 3.00 bits per heavy atom. The first kappa shape index (κ1) is 12.2. The molecule has 0 radical (unpaired) electrons. The molecule has 2 aromatic heterocycles. The van der Waals surface area contributed by atoms with E-state index in [9.17, 15) is 4.79 Å². The lowest BCUT2D eigenvalue weighted by Crippen LogP contribution is -2.04. The summed E-state index contributed by atoms with van der Waals surface area (Å²) >= 11 is 4.79. The van der Waals surface area contributed by atoms with Crippen molar-refractivity contribution in [3.05, 3.63) is 33.9 Å². The smallest absolute Gasteiger partial charge is 0.311 e. The monoisotopic (exact) mass is 312 g/mol. The molecule has 0 saturated carbocycles. The highest BCUT2D eigenvalue weighted by atomic mass is 79.9. The predicted octanol–water partition coefficient (Wildman–Crippen LogP) is 2.68. The van der Waals surface area contributed by atoms with Crippen molar-refractivity contribution < 1.29 is 9.53 Å². The summed E-state index contributed by atoms with van der Waals surface area (Å²) in [6.07, 6.45) is 1.92. The molecule has 2 rings (SSSR count). The quantitative estimate of drug-likeness (QED) is 0.818. The van der Waals surface area contributed by atoms with Crippen LogP contribution in [-0.4, -0.2) is 23.0 Å². The first-order chi connectivity index (χ1) is 8.19. The fourth-order valence-electron chi connectivity index (χ4n) is 1.23. The highest BCUT2D eigenvalue weighted by Gasteiger charge is 2.09. The molecule has 0 saturated heterocycles. The Morgan fingerprint density at radius 2 is 2.35 bits per heavy atom. The largest absolute Gasteiger partial charge is 0.469 e. The van der Waals surface area contributed by atoms with Crippen LogP contribution in [0.3, 0.4) is 0 Å². The number of carbonyl (C=O) groups excluding carboxylic acids is 1. The van der Waals surface area contributed by atoms with Gasteiger partial charge in [-0.1, -0.05) is 0 Å². The highest BCUT2D eigenvalue weighted by Crippen LogP contribution is 2.23. The SMILES string of the molecule is COC(=O)Cc1csc(-c2ccc(Br)cn2)n1. The fourth-order valence-corrected chi connectivity index (χ4v) is 2.26. The molecule has 0 aromatic carbocycles. The number of aromatic nitrogens is 2. The molecular formula is C11H9BrN2O2S.